The average molecular weight is 443 g/mol. The molecule has 2 aromatic carbocycles. The van der Waals surface area contributed by atoms with Crippen LogP contribution in [0.4, 0.5) is 11.4 Å². The zero-order valence-corrected chi connectivity index (χ0v) is 19.1. The first kappa shape index (κ1) is 23.9. The molecule has 4 N–H and O–H groups in total. The molecule has 0 atom stereocenters. The fraction of sp³-hybridized carbons (Fsp3) is 0.269. The Hall–Kier alpha value is -3.73. The SMILES string of the molecule is CCN(CC)CCNCc1cnc(-c2ccc(C(=O)Nc3ccccc3N)cc2)c(C#N)c1. The van der Waals surface area contributed by atoms with Crippen LogP contribution in [0.15, 0.2) is 60.8 Å². The molecule has 7 heteroatoms. The fourth-order valence-electron chi connectivity index (χ4n) is 3.51. The van der Waals surface area contributed by atoms with Gasteiger partial charge in [0, 0.05) is 37.0 Å². The number of benzene rings is 2. The highest BCUT2D eigenvalue weighted by atomic mass is 16.1. The number of nitrogen functional groups attached to an aromatic ring is 1. The van der Waals surface area contributed by atoms with Crippen molar-refractivity contribution in [1.82, 2.24) is 15.2 Å². The van der Waals surface area contributed by atoms with E-state index >= 15 is 0 Å². The third kappa shape index (κ3) is 6.39. The molecule has 0 saturated heterocycles. The number of amides is 1. The molecule has 0 bridgehead atoms. The predicted octanol–water partition coefficient (Wildman–Crippen LogP) is 3.89. The molecule has 0 unspecified atom stereocenters. The molecule has 33 heavy (non-hydrogen) atoms. The number of carbonyl (C=O) groups is 1. The van der Waals surface area contributed by atoms with Crippen molar-refractivity contribution in [2.75, 3.05) is 37.2 Å². The lowest BCUT2D eigenvalue weighted by atomic mass is 10.0. The molecule has 0 fully saturated rings. The molecule has 1 heterocycles. The van der Waals surface area contributed by atoms with Crippen LogP contribution >= 0.6 is 0 Å². The minimum Gasteiger partial charge on any atom is -0.397 e. The first-order chi connectivity index (χ1) is 16.0. The Morgan fingerprint density at radius 2 is 1.85 bits per heavy atom. The van der Waals surface area contributed by atoms with Crippen LogP contribution in [-0.4, -0.2) is 42.0 Å². The number of hydrogen-bond donors (Lipinski definition) is 3. The number of rotatable bonds is 10. The van der Waals surface area contributed by atoms with E-state index in [-0.39, 0.29) is 5.91 Å². The van der Waals surface area contributed by atoms with Crippen molar-refractivity contribution in [1.29, 1.82) is 5.26 Å². The minimum absolute atomic E-state index is 0.251. The van der Waals surface area contributed by atoms with Gasteiger partial charge in [0.2, 0.25) is 0 Å². The number of nitrogens with two attached hydrogens (primary N) is 1. The number of anilines is 2. The van der Waals surface area contributed by atoms with Crippen LogP contribution in [0.5, 0.6) is 0 Å². The molecule has 0 aliphatic carbocycles. The maximum atomic E-state index is 12.5. The number of nitriles is 1. The van der Waals surface area contributed by atoms with E-state index in [2.05, 4.69) is 40.4 Å². The lowest BCUT2D eigenvalue weighted by Gasteiger charge is -2.18. The predicted molar refractivity (Wildman–Crippen MR) is 133 cm³/mol. The molecule has 1 aromatic heterocycles. The van der Waals surface area contributed by atoms with Crippen molar-refractivity contribution in [2.24, 2.45) is 0 Å². The molecular formula is C26H30N6O. The number of nitrogens with zero attached hydrogens (tertiary/aromatic N) is 3. The summed E-state index contributed by atoms with van der Waals surface area (Å²) in [6.07, 6.45) is 1.79. The number of pyridine rings is 1. The molecule has 0 radical (unpaired) electrons. The maximum Gasteiger partial charge on any atom is 0.255 e. The van der Waals surface area contributed by atoms with Gasteiger partial charge in [0.25, 0.3) is 5.91 Å². The molecule has 1 amide bonds. The summed E-state index contributed by atoms with van der Waals surface area (Å²) in [4.78, 5) is 19.4. The van der Waals surface area contributed by atoms with Gasteiger partial charge in [-0.2, -0.15) is 5.26 Å². The summed E-state index contributed by atoms with van der Waals surface area (Å²) < 4.78 is 0. The Labute approximate surface area is 195 Å². The van der Waals surface area contributed by atoms with Crippen LogP contribution in [-0.2, 0) is 6.54 Å². The van der Waals surface area contributed by atoms with Crippen molar-refractivity contribution in [2.45, 2.75) is 20.4 Å². The number of carbonyl (C=O) groups excluding carboxylic acids is 1. The number of nitrogens with one attached hydrogen (secondary N) is 2. The van der Waals surface area contributed by atoms with Gasteiger partial charge in [-0.1, -0.05) is 38.1 Å². The molecule has 0 saturated carbocycles. The first-order valence-electron chi connectivity index (χ1n) is 11.1. The molecule has 7 nitrogen and oxygen atoms in total. The van der Waals surface area contributed by atoms with Crippen molar-refractivity contribution in [3.05, 3.63) is 77.5 Å². The van der Waals surface area contributed by atoms with Crippen LogP contribution in [0.3, 0.4) is 0 Å². The van der Waals surface area contributed by atoms with Crippen LogP contribution < -0.4 is 16.4 Å². The molecule has 0 aliphatic rings. The Bertz CT molecular complexity index is 1120. The summed E-state index contributed by atoms with van der Waals surface area (Å²) in [6.45, 7) is 8.91. The second kappa shape index (κ2) is 11.8. The van der Waals surface area contributed by atoms with Crippen LogP contribution in [0.25, 0.3) is 11.3 Å². The molecule has 3 aromatic rings. The van der Waals surface area contributed by atoms with E-state index in [1.807, 2.05) is 18.2 Å². The fourth-order valence-corrected chi connectivity index (χ4v) is 3.51. The Morgan fingerprint density at radius 3 is 2.52 bits per heavy atom. The lowest BCUT2D eigenvalue weighted by Crippen LogP contribution is -2.31. The second-order valence-electron chi connectivity index (χ2n) is 7.67. The molecular weight excluding hydrogens is 412 g/mol. The second-order valence-corrected chi connectivity index (χ2v) is 7.67. The average Bonchev–Trinajstić information content (AvgIpc) is 2.85. The Balaban J connectivity index is 1.66. The van der Waals surface area contributed by atoms with E-state index in [4.69, 9.17) is 5.73 Å². The van der Waals surface area contributed by atoms with E-state index in [9.17, 15) is 10.1 Å². The summed E-state index contributed by atoms with van der Waals surface area (Å²) >= 11 is 0. The van der Waals surface area contributed by atoms with Crippen molar-refractivity contribution < 1.29 is 4.79 Å². The summed E-state index contributed by atoms with van der Waals surface area (Å²) in [5.74, 6) is -0.251. The van der Waals surface area contributed by atoms with Crippen molar-refractivity contribution in [3.8, 4) is 17.3 Å². The maximum absolute atomic E-state index is 12.5. The van der Waals surface area contributed by atoms with E-state index in [0.717, 1.165) is 37.3 Å². The van der Waals surface area contributed by atoms with Gasteiger partial charge in [0.15, 0.2) is 0 Å². The summed E-state index contributed by atoms with van der Waals surface area (Å²) in [6, 6.07) is 18.3. The number of hydrogen-bond acceptors (Lipinski definition) is 6. The molecule has 3 rings (SSSR count). The zero-order chi connectivity index (χ0) is 23.6. The third-order valence-corrected chi connectivity index (χ3v) is 5.52. The van der Waals surface area contributed by atoms with E-state index in [0.29, 0.717) is 34.7 Å². The Morgan fingerprint density at radius 1 is 1.12 bits per heavy atom. The zero-order valence-electron chi connectivity index (χ0n) is 19.1. The highest BCUT2D eigenvalue weighted by Gasteiger charge is 2.11. The molecule has 0 aliphatic heterocycles. The van der Waals surface area contributed by atoms with E-state index < -0.39 is 0 Å². The van der Waals surface area contributed by atoms with Gasteiger partial charge < -0.3 is 21.3 Å². The lowest BCUT2D eigenvalue weighted by molar-refractivity contribution is 0.102. The quantitative estimate of drug-likeness (QED) is 0.325. The largest absolute Gasteiger partial charge is 0.397 e. The van der Waals surface area contributed by atoms with Gasteiger partial charge in [0.1, 0.15) is 6.07 Å². The molecule has 170 valence electrons. The van der Waals surface area contributed by atoms with E-state index in [1.54, 1.807) is 42.6 Å². The number of aromatic nitrogens is 1. The summed E-state index contributed by atoms with van der Waals surface area (Å²) in [5.41, 5.74) is 10.3. The molecule has 0 spiro atoms. The smallest absolute Gasteiger partial charge is 0.255 e. The number of para-hydroxylation sites is 2. The van der Waals surface area contributed by atoms with Crippen molar-refractivity contribution in [3.63, 3.8) is 0 Å². The van der Waals surface area contributed by atoms with Crippen molar-refractivity contribution >= 4 is 17.3 Å². The van der Waals surface area contributed by atoms with Gasteiger partial charge >= 0.3 is 0 Å². The van der Waals surface area contributed by atoms with Crippen LogP contribution in [0.1, 0.15) is 35.3 Å². The highest BCUT2D eigenvalue weighted by Crippen LogP contribution is 2.23. The van der Waals surface area contributed by atoms with Gasteiger partial charge in [-0.25, -0.2) is 0 Å². The van der Waals surface area contributed by atoms with Gasteiger partial charge in [-0.3, -0.25) is 9.78 Å². The summed E-state index contributed by atoms with van der Waals surface area (Å²) in [5, 5.41) is 15.9. The first-order valence-corrected chi connectivity index (χ1v) is 11.1. The standard InChI is InChI=1S/C26H30N6O/c1-3-32(4-2)14-13-29-17-19-15-22(16-27)25(30-18-19)20-9-11-21(12-10-20)26(33)31-24-8-6-5-7-23(24)28/h5-12,15,18,29H,3-4,13-14,17,28H2,1-2H3,(H,31,33). The highest BCUT2D eigenvalue weighted by molar-refractivity contribution is 6.05. The normalized spacial score (nSPS) is 10.7. The van der Waals surface area contributed by atoms with Gasteiger partial charge in [0.05, 0.1) is 22.6 Å². The van der Waals surface area contributed by atoms with Crippen LogP contribution in [0, 0.1) is 11.3 Å². The monoisotopic (exact) mass is 442 g/mol. The van der Waals surface area contributed by atoms with E-state index in [1.165, 1.54) is 0 Å². The van der Waals surface area contributed by atoms with Gasteiger partial charge in [-0.05, 0) is 49.0 Å². The Kier molecular flexibility index (Phi) is 8.53. The third-order valence-electron chi connectivity index (χ3n) is 5.52. The summed E-state index contributed by atoms with van der Waals surface area (Å²) in [7, 11) is 0. The van der Waals surface area contributed by atoms with Gasteiger partial charge in [-0.15, -0.1) is 0 Å². The minimum atomic E-state index is -0.251. The number of likely N-dealkylation sites (N-methyl/N-ethyl adjacent to an activating group) is 1. The topological polar surface area (TPSA) is 107 Å². The van der Waals surface area contributed by atoms with Crippen LogP contribution in [0.2, 0.25) is 0 Å².